The van der Waals surface area contributed by atoms with Crippen LogP contribution in [0.4, 0.5) is 11.4 Å². The minimum Gasteiger partial charge on any atom is -0.359 e. The number of nitrogens with zero attached hydrogens (tertiary/aromatic N) is 2. The Morgan fingerprint density at radius 2 is 1.85 bits per heavy atom. The van der Waals surface area contributed by atoms with Gasteiger partial charge in [0.2, 0.25) is 10.0 Å². The molecule has 2 N–H and O–H groups in total. The number of nitro benzene ring substituents is 1. The monoisotopic (exact) mass is 375 g/mol. The first-order valence-corrected chi connectivity index (χ1v) is 9.85. The third-order valence-electron chi connectivity index (χ3n) is 4.69. The summed E-state index contributed by atoms with van der Waals surface area (Å²) >= 11 is 0. The summed E-state index contributed by atoms with van der Waals surface area (Å²) in [6.45, 7) is 4.60. The van der Waals surface area contributed by atoms with Gasteiger partial charge in [-0.15, -0.1) is 0 Å². The Bertz CT molecular complexity index is 968. The Morgan fingerprint density at radius 3 is 2.38 bits per heavy atom. The van der Waals surface area contributed by atoms with Gasteiger partial charge < -0.3 is 4.90 Å². The van der Waals surface area contributed by atoms with Crippen LogP contribution in [0.1, 0.15) is 29.5 Å². The van der Waals surface area contributed by atoms with Crippen molar-refractivity contribution in [3.05, 3.63) is 63.2 Å². The molecular weight excluding hydrogens is 354 g/mol. The molecule has 26 heavy (non-hydrogen) atoms. The zero-order chi connectivity index (χ0) is 19.1. The van der Waals surface area contributed by atoms with Crippen LogP contribution in [0, 0.1) is 24.0 Å². The fourth-order valence-electron chi connectivity index (χ4n) is 2.97. The number of benzene rings is 2. The molecule has 0 heterocycles. The first kappa shape index (κ1) is 18.3. The molecule has 1 saturated carbocycles. The molecule has 1 aliphatic carbocycles. The summed E-state index contributed by atoms with van der Waals surface area (Å²) in [4.78, 5) is 12.7. The molecular formula is C18H21N3O4S. The normalized spacial score (nSPS) is 14.3. The van der Waals surface area contributed by atoms with Gasteiger partial charge in [0.05, 0.1) is 9.82 Å². The molecule has 138 valence electrons. The van der Waals surface area contributed by atoms with Crippen LogP contribution in [0.25, 0.3) is 0 Å². The van der Waals surface area contributed by atoms with E-state index in [9.17, 15) is 18.5 Å². The molecule has 7 nitrogen and oxygen atoms in total. The van der Waals surface area contributed by atoms with Crippen molar-refractivity contribution in [2.24, 2.45) is 5.14 Å². The Labute approximate surface area is 152 Å². The van der Waals surface area contributed by atoms with Crippen LogP contribution in [-0.4, -0.2) is 19.4 Å². The summed E-state index contributed by atoms with van der Waals surface area (Å²) in [5.74, 6) is 0. The highest BCUT2D eigenvalue weighted by Gasteiger charge is 2.33. The zero-order valence-corrected chi connectivity index (χ0v) is 15.5. The molecule has 0 saturated heterocycles. The van der Waals surface area contributed by atoms with Gasteiger partial charge in [0.25, 0.3) is 5.69 Å². The van der Waals surface area contributed by atoms with Crippen molar-refractivity contribution in [1.29, 1.82) is 0 Å². The van der Waals surface area contributed by atoms with E-state index in [1.807, 2.05) is 30.9 Å². The second-order valence-electron chi connectivity index (χ2n) is 6.73. The zero-order valence-electron chi connectivity index (χ0n) is 14.7. The highest BCUT2D eigenvalue weighted by molar-refractivity contribution is 7.89. The highest BCUT2D eigenvalue weighted by atomic mass is 32.2. The van der Waals surface area contributed by atoms with Crippen molar-refractivity contribution in [3.63, 3.8) is 0 Å². The van der Waals surface area contributed by atoms with E-state index >= 15 is 0 Å². The Hall–Kier alpha value is -2.45. The lowest BCUT2D eigenvalue weighted by Crippen LogP contribution is -2.26. The van der Waals surface area contributed by atoms with E-state index in [4.69, 9.17) is 5.14 Å². The number of aryl methyl sites for hydroxylation is 2. The lowest BCUT2D eigenvalue weighted by molar-refractivity contribution is -0.384. The number of hydrogen-bond acceptors (Lipinski definition) is 5. The fourth-order valence-corrected chi connectivity index (χ4v) is 3.50. The number of nitro groups is 1. The van der Waals surface area contributed by atoms with Gasteiger partial charge in [0, 0.05) is 18.7 Å². The molecule has 3 rings (SSSR count). The lowest BCUT2D eigenvalue weighted by atomic mass is 10.1. The average Bonchev–Trinajstić information content (AvgIpc) is 3.39. The van der Waals surface area contributed by atoms with Crippen LogP contribution in [0.5, 0.6) is 0 Å². The van der Waals surface area contributed by atoms with Crippen LogP contribution >= 0.6 is 0 Å². The standard InChI is InChI=1S/C18H21N3O4S/c1-12-3-4-14(9-13(12)2)11-20(15-5-6-15)17-8-7-16(26(19,24)25)10-18(17)21(22)23/h3-4,7-10,15H,5-6,11H2,1-2H3,(H2,19,24,25). The van der Waals surface area contributed by atoms with Crippen LogP contribution < -0.4 is 10.0 Å². The van der Waals surface area contributed by atoms with Gasteiger partial charge >= 0.3 is 0 Å². The van der Waals surface area contributed by atoms with Crippen molar-refractivity contribution < 1.29 is 13.3 Å². The van der Waals surface area contributed by atoms with Crippen molar-refractivity contribution in [1.82, 2.24) is 0 Å². The quantitative estimate of drug-likeness (QED) is 0.617. The number of sulfonamides is 1. The fraction of sp³-hybridized carbons (Fsp3) is 0.333. The van der Waals surface area contributed by atoms with Crippen molar-refractivity contribution in [2.45, 2.75) is 44.2 Å². The summed E-state index contributed by atoms with van der Waals surface area (Å²) < 4.78 is 23.1. The molecule has 1 fully saturated rings. The minimum atomic E-state index is -4.00. The van der Waals surface area contributed by atoms with Gasteiger partial charge in [-0.05, 0) is 55.5 Å². The number of nitrogens with two attached hydrogens (primary N) is 1. The maximum absolute atomic E-state index is 11.5. The molecule has 0 aliphatic heterocycles. The molecule has 0 radical (unpaired) electrons. The maximum atomic E-state index is 11.5. The second kappa shape index (κ2) is 6.69. The van der Waals surface area contributed by atoms with Gasteiger partial charge in [-0.1, -0.05) is 18.2 Å². The number of hydrogen-bond donors (Lipinski definition) is 1. The third kappa shape index (κ3) is 3.86. The van der Waals surface area contributed by atoms with Gasteiger partial charge in [-0.2, -0.15) is 0 Å². The van der Waals surface area contributed by atoms with Crippen molar-refractivity contribution in [3.8, 4) is 0 Å². The summed E-state index contributed by atoms with van der Waals surface area (Å²) in [5.41, 5.74) is 3.59. The van der Waals surface area contributed by atoms with E-state index in [0.29, 0.717) is 12.2 Å². The van der Waals surface area contributed by atoms with Gasteiger partial charge in [-0.25, -0.2) is 13.6 Å². The molecule has 0 atom stereocenters. The Balaban J connectivity index is 2.02. The van der Waals surface area contributed by atoms with Crippen LogP contribution in [-0.2, 0) is 16.6 Å². The largest absolute Gasteiger partial charge is 0.359 e. The first-order valence-electron chi connectivity index (χ1n) is 8.31. The topological polar surface area (TPSA) is 107 Å². The second-order valence-corrected chi connectivity index (χ2v) is 8.29. The molecule has 0 unspecified atom stereocenters. The first-order chi connectivity index (χ1) is 12.2. The van der Waals surface area contributed by atoms with E-state index < -0.39 is 14.9 Å². The van der Waals surface area contributed by atoms with Gasteiger partial charge in [0.1, 0.15) is 5.69 Å². The van der Waals surface area contributed by atoms with E-state index in [2.05, 4.69) is 6.07 Å². The van der Waals surface area contributed by atoms with E-state index in [1.54, 1.807) is 0 Å². The molecule has 0 bridgehead atoms. The molecule has 2 aromatic carbocycles. The Kier molecular flexibility index (Phi) is 4.72. The summed E-state index contributed by atoms with van der Waals surface area (Å²) in [7, 11) is -4.00. The van der Waals surface area contributed by atoms with Gasteiger partial charge in [0.15, 0.2) is 0 Å². The smallest absolute Gasteiger partial charge is 0.293 e. The third-order valence-corrected chi connectivity index (χ3v) is 5.60. The maximum Gasteiger partial charge on any atom is 0.293 e. The average molecular weight is 375 g/mol. The Morgan fingerprint density at radius 1 is 1.15 bits per heavy atom. The highest BCUT2D eigenvalue weighted by Crippen LogP contribution is 2.39. The summed E-state index contributed by atoms with van der Waals surface area (Å²) in [6, 6.07) is 10.2. The summed E-state index contributed by atoms with van der Waals surface area (Å²) in [5, 5.41) is 16.7. The number of anilines is 1. The van der Waals surface area contributed by atoms with Gasteiger partial charge in [-0.3, -0.25) is 10.1 Å². The molecule has 8 heteroatoms. The minimum absolute atomic E-state index is 0.218. The van der Waals surface area contributed by atoms with Crippen LogP contribution in [0.3, 0.4) is 0 Å². The van der Waals surface area contributed by atoms with E-state index in [-0.39, 0.29) is 16.6 Å². The molecule has 0 aromatic heterocycles. The molecule has 2 aromatic rings. The van der Waals surface area contributed by atoms with Crippen LogP contribution in [0.15, 0.2) is 41.3 Å². The predicted molar refractivity (Wildman–Crippen MR) is 99.6 cm³/mol. The molecule has 0 amide bonds. The van der Waals surface area contributed by atoms with E-state index in [0.717, 1.165) is 30.0 Å². The van der Waals surface area contributed by atoms with Crippen molar-refractivity contribution in [2.75, 3.05) is 4.90 Å². The number of rotatable bonds is 6. The molecule has 1 aliphatic rings. The van der Waals surface area contributed by atoms with Crippen molar-refractivity contribution >= 4 is 21.4 Å². The van der Waals surface area contributed by atoms with E-state index in [1.165, 1.54) is 17.7 Å². The lowest BCUT2D eigenvalue weighted by Gasteiger charge is -2.25. The van der Waals surface area contributed by atoms with Crippen LogP contribution in [0.2, 0.25) is 0 Å². The summed E-state index contributed by atoms with van der Waals surface area (Å²) in [6.07, 6.45) is 1.91. The number of primary sulfonamides is 1. The predicted octanol–water partition coefficient (Wildman–Crippen LogP) is 3.03. The SMILES string of the molecule is Cc1ccc(CN(c2ccc(S(N)(=O)=O)cc2[N+](=O)[O-])C2CC2)cc1C. The molecule has 0 spiro atoms.